The second-order valence-corrected chi connectivity index (χ2v) is 5.50. The van der Waals surface area contributed by atoms with Crippen molar-refractivity contribution in [2.75, 3.05) is 11.9 Å². The number of benzene rings is 2. The lowest BCUT2D eigenvalue weighted by Gasteiger charge is -2.21. The average Bonchev–Trinajstić information content (AvgIpc) is 2.60. The first-order chi connectivity index (χ1) is 11.5. The Labute approximate surface area is 142 Å². The third-order valence-corrected chi connectivity index (χ3v) is 3.70. The second-order valence-electron chi connectivity index (χ2n) is 5.50. The Morgan fingerprint density at radius 2 is 1.67 bits per heavy atom. The molecule has 0 aliphatic carbocycles. The fraction of sp³-hybridized carbons (Fsp3) is 0.200. The Bertz CT molecular complexity index is 738. The molecule has 1 amide bonds. The largest absolute Gasteiger partial charge is 0.449 e. The van der Waals surface area contributed by atoms with E-state index in [1.165, 1.54) is 11.0 Å². The number of likely N-dealkylation sites (N-methyl/N-ethyl adjacent to an activating group) is 1. The van der Waals surface area contributed by atoms with Gasteiger partial charge in [-0.15, -0.1) is 0 Å². The summed E-state index contributed by atoms with van der Waals surface area (Å²) in [6.07, 6.45) is 2.17. The monoisotopic (exact) mass is 323 g/mol. The molecule has 0 radical (unpaired) electrons. The van der Waals surface area contributed by atoms with Gasteiger partial charge in [-0.25, -0.2) is 4.79 Å². The van der Waals surface area contributed by atoms with Crippen LogP contribution in [-0.4, -0.2) is 25.0 Å². The first kappa shape index (κ1) is 17.5. The molecule has 2 rings (SSSR count). The summed E-state index contributed by atoms with van der Waals surface area (Å²) in [5, 5.41) is 0. The van der Waals surface area contributed by atoms with Crippen molar-refractivity contribution in [3.05, 3.63) is 71.8 Å². The number of nitrogens with zero attached hydrogens (tertiary/aromatic N) is 1. The van der Waals surface area contributed by atoms with Gasteiger partial charge >= 0.3 is 5.97 Å². The predicted molar refractivity (Wildman–Crippen MR) is 95.6 cm³/mol. The van der Waals surface area contributed by atoms with Gasteiger partial charge in [0.1, 0.15) is 0 Å². The van der Waals surface area contributed by atoms with Crippen molar-refractivity contribution in [3.63, 3.8) is 0 Å². The van der Waals surface area contributed by atoms with Crippen LogP contribution in [0.2, 0.25) is 0 Å². The van der Waals surface area contributed by atoms with E-state index in [1.54, 1.807) is 20.0 Å². The van der Waals surface area contributed by atoms with Crippen molar-refractivity contribution >= 4 is 23.6 Å². The van der Waals surface area contributed by atoms with Gasteiger partial charge in [0.2, 0.25) is 0 Å². The molecule has 1 atom stereocenters. The molecule has 0 aromatic heterocycles. The van der Waals surface area contributed by atoms with E-state index in [4.69, 9.17) is 4.74 Å². The maximum atomic E-state index is 12.3. The lowest BCUT2D eigenvalue weighted by atomic mass is 10.1. The summed E-state index contributed by atoms with van der Waals surface area (Å²) in [5.74, 6) is -0.820. The SMILES string of the molecule is Cc1ccccc1/C=C/C(=O)O[C@@H](C)C(=O)N(C)c1ccccc1. The number of amides is 1. The van der Waals surface area contributed by atoms with Crippen LogP contribution in [0.5, 0.6) is 0 Å². The number of carbonyl (C=O) groups is 2. The number of hydrogen-bond acceptors (Lipinski definition) is 3. The number of carbonyl (C=O) groups excluding carboxylic acids is 2. The first-order valence-electron chi connectivity index (χ1n) is 7.76. The van der Waals surface area contributed by atoms with Crippen LogP contribution in [0.25, 0.3) is 6.08 Å². The van der Waals surface area contributed by atoms with Crippen LogP contribution in [0.15, 0.2) is 60.7 Å². The molecule has 2 aromatic rings. The van der Waals surface area contributed by atoms with Crippen LogP contribution in [0, 0.1) is 6.92 Å². The molecule has 0 saturated heterocycles. The van der Waals surface area contributed by atoms with E-state index < -0.39 is 12.1 Å². The highest BCUT2D eigenvalue weighted by Crippen LogP contribution is 2.13. The van der Waals surface area contributed by atoms with E-state index in [-0.39, 0.29) is 5.91 Å². The van der Waals surface area contributed by atoms with Crippen molar-refractivity contribution in [2.45, 2.75) is 20.0 Å². The quantitative estimate of drug-likeness (QED) is 0.624. The van der Waals surface area contributed by atoms with Crippen LogP contribution in [-0.2, 0) is 14.3 Å². The van der Waals surface area contributed by atoms with Crippen molar-refractivity contribution < 1.29 is 14.3 Å². The Morgan fingerprint density at radius 1 is 1.04 bits per heavy atom. The van der Waals surface area contributed by atoms with E-state index in [0.29, 0.717) is 0 Å². The minimum atomic E-state index is -0.857. The van der Waals surface area contributed by atoms with Crippen LogP contribution >= 0.6 is 0 Å². The van der Waals surface area contributed by atoms with Gasteiger partial charge in [0.25, 0.3) is 5.91 Å². The van der Waals surface area contributed by atoms with E-state index in [2.05, 4.69) is 0 Å². The second kappa shape index (κ2) is 8.11. The predicted octanol–water partition coefficient (Wildman–Crippen LogP) is 3.60. The number of hydrogen-bond donors (Lipinski definition) is 0. The molecule has 124 valence electrons. The maximum absolute atomic E-state index is 12.3. The Kier molecular flexibility index (Phi) is 5.90. The fourth-order valence-corrected chi connectivity index (χ4v) is 2.25. The molecule has 0 bridgehead atoms. The number of aryl methyl sites for hydroxylation is 1. The summed E-state index contributed by atoms with van der Waals surface area (Å²) in [4.78, 5) is 25.7. The molecule has 24 heavy (non-hydrogen) atoms. The zero-order valence-corrected chi connectivity index (χ0v) is 14.1. The van der Waals surface area contributed by atoms with E-state index in [1.807, 2.05) is 61.5 Å². The van der Waals surface area contributed by atoms with Crippen LogP contribution in [0.1, 0.15) is 18.1 Å². The normalized spacial score (nSPS) is 12.0. The third kappa shape index (κ3) is 4.56. The van der Waals surface area contributed by atoms with Crippen molar-refractivity contribution in [1.29, 1.82) is 0 Å². The van der Waals surface area contributed by atoms with E-state index >= 15 is 0 Å². The molecule has 4 nitrogen and oxygen atoms in total. The minimum absolute atomic E-state index is 0.279. The fourth-order valence-electron chi connectivity index (χ4n) is 2.25. The molecule has 0 heterocycles. The zero-order valence-electron chi connectivity index (χ0n) is 14.1. The molecular formula is C20H21NO3. The average molecular weight is 323 g/mol. The summed E-state index contributed by atoms with van der Waals surface area (Å²) in [6, 6.07) is 16.9. The van der Waals surface area contributed by atoms with Crippen LogP contribution in [0.3, 0.4) is 0 Å². The standard InChI is InChI=1S/C20H21NO3/c1-15-9-7-8-10-17(15)13-14-19(22)24-16(2)20(23)21(3)18-11-5-4-6-12-18/h4-14,16H,1-3H3/b14-13+/t16-/m0/s1. The van der Waals surface area contributed by atoms with E-state index in [0.717, 1.165) is 16.8 Å². The molecule has 0 fully saturated rings. The highest BCUT2D eigenvalue weighted by atomic mass is 16.5. The molecule has 2 aromatic carbocycles. The molecule has 0 spiro atoms. The van der Waals surface area contributed by atoms with Gasteiger partial charge in [0.15, 0.2) is 6.10 Å². The van der Waals surface area contributed by atoms with Crippen molar-refractivity contribution in [2.24, 2.45) is 0 Å². The van der Waals surface area contributed by atoms with Gasteiger partial charge in [0, 0.05) is 18.8 Å². The summed E-state index contributed by atoms with van der Waals surface area (Å²) < 4.78 is 5.20. The summed E-state index contributed by atoms with van der Waals surface area (Å²) in [7, 11) is 1.66. The smallest absolute Gasteiger partial charge is 0.331 e. The van der Waals surface area contributed by atoms with Gasteiger partial charge in [-0.2, -0.15) is 0 Å². The molecule has 0 aliphatic heterocycles. The molecule has 0 N–H and O–H groups in total. The Balaban J connectivity index is 1.96. The van der Waals surface area contributed by atoms with Crippen molar-refractivity contribution in [3.8, 4) is 0 Å². The van der Waals surface area contributed by atoms with E-state index in [9.17, 15) is 9.59 Å². The zero-order chi connectivity index (χ0) is 17.5. The Morgan fingerprint density at radius 3 is 2.33 bits per heavy atom. The van der Waals surface area contributed by atoms with Crippen LogP contribution in [0.4, 0.5) is 5.69 Å². The molecule has 0 aliphatic rings. The molecule has 0 unspecified atom stereocenters. The number of rotatable bonds is 5. The van der Waals surface area contributed by atoms with Gasteiger partial charge in [-0.05, 0) is 43.2 Å². The van der Waals surface area contributed by atoms with Gasteiger partial charge in [-0.3, -0.25) is 4.79 Å². The Hall–Kier alpha value is -2.88. The number of anilines is 1. The summed E-state index contributed by atoms with van der Waals surface area (Å²) in [6.45, 7) is 3.53. The van der Waals surface area contributed by atoms with Gasteiger partial charge < -0.3 is 9.64 Å². The molecule has 0 saturated carbocycles. The number of esters is 1. The minimum Gasteiger partial charge on any atom is -0.449 e. The summed E-state index contributed by atoms with van der Waals surface area (Å²) in [5.41, 5.74) is 2.75. The molecule has 4 heteroatoms. The first-order valence-corrected chi connectivity index (χ1v) is 7.76. The lowest BCUT2D eigenvalue weighted by Crippen LogP contribution is -2.37. The third-order valence-electron chi connectivity index (χ3n) is 3.70. The highest BCUT2D eigenvalue weighted by Gasteiger charge is 2.21. The van der Waals surface area contributed by atoms with Gasteiger partial charge in [0.05, 0.1) is 0 Å². The summed E-state index contributed by atoms with van der Waals surface area (Å²) >= 11 is 0. The van der Waals surface area contributed by atoms with Crippen LogP contribution < -0.4 is 4.90 Å². The van der Waals surface area contributed by atoms with Crippen molar-refractivity contribution in [1.82, 2.24) is 0 Å². The molecular weight excluding hydrogens is 302 g/mol. The highest BCUT2D eigenvalue weighted by molar-refractivity contribution is 5.98. The topological polar surface area (TPSA) is 46.6 Å². The number of ether oxygens (including phenoxy) is 1. The maximum Gasteiger partial charge on any atom is 0.331 e. The number of para-hydroxylation sites is 1. The van der Waals surface area contributed by atoms with Gasteiger partial charge in [-0.1, -0.05) is 42.5 Å². The lowest BCUT2D eigenvalue weighted by molar-refractivity contribution is -0.148.